The van der Waals surface area contributed by atoms with Gasteiger partial charge in [-0.1, -0.05) is 0 Å². The summed E-state index contributed by atoms with van der Waals surface area (Å²) in [5.74, 6) is 0. The van der Waals surface area contributed by atoms with Crippen molar-refractivity contribution in [2.24, 2.45) is 0 Å². The van der Waals surface area contributed by atoms with Gasteiger partial charge in [-0.25, -0.2) is 5.10 Å². The Hall–Kier alpha value is -1.49. The second-order valence-electron chi connectivity index (χ2n) is 2.70. The zero-order chi connectivity index (χ0) is 9.97. The van der Waals surface area contributed by atoms with Gasteiger partial charge < -0.3 is 0 Å². The van der Waals surface area contributed by atoms with E-state index in [1.165, 1.54) is 6.07 Å². The normalized spacial score (nSPS) is 10.1. The smallest absolute Gasteiger partial charge is 0.264 e. The van der Waals surface area contributed by atoms with Crippen LogP contribution in [0.4, 0.5) is 0 Å². The maximum atomic E-state index is 10.8. The monoisotopic (exact) mass is 251 g/mol. The molecule has 4 nitrogen and oxygen atoms in total. The number of pyridine rings is 1. The minimum absolute atomic E-state index is 0.211. The van der Waals surface area contributed by atoms with Gasteiger partial charge in [0.25, 0.3) is 5.56 Å². The fraction of sp³-hybridized carbons (Fsp3) is 0. The Morgan fingerprint density at radius 2 is 2.14 bits per heavy atom. The van der Waals surface area contributed by atoms with Crippen molar-refractivity contribution in [3.63, 3.8) is 0 Å². The van der Waals surface area contributed by atoms with Gasteiger partial charge in [-0.2, -0.15) is 5.10 Å². The Labute approximate surface area is 88.1 Å². The molecule has 0 aliphatic rings. The number of halogens is 1. The first kappa shape index (κ1) is 9.08. The van der Waals surface area contributed by atoms with Crippen LogP contribution in [0.15, 0.2) is 39.9 Å². The summed E-state index contributed by atoms with van der Waals surface area (Å²) in [6.45, 7) is 0. The summed E-state index contributed by atoms with van der Waals surface area (Å²) in [6.07, 6.45) is 3.38. The van der Waals surface area contributed by atoms with E-state index in [9.17, 15) is 4.79 Å². The number of hydrogen-bond donors (Lipinski definition) is 1. The largest absolute Gasteiger partial charge is 0.268 e. The van der Waals surface area contributed by atoms with Crippen LogP contribution in [0.25, 0.3) is 11.3 Å². The van der Waals surface area contributed by atoms with E-state index >= 15 is 0 Å². The lowest BCUT2D eigenvalue weighted by molar-refractivity contribution is 0.994. The van der Waals surface area contributed by atoms with Gasteiger partial charge in [-0.3, -0.25) is 9.78 Å². The molecule has 70 valence electrons. The van der Waals surface area contributed by atoms with E-state index in [1.807, 2.05) is 6.07 Å². The molecule has 0 fully saturated rings. The predicted octanol–water partition coefficient (Wildman–Crippen LogP) is 1.59. The predicted molar refractivity (Wildman–Crippen MR) is 55.8 cm³/mol. The molecule has 0 aliphatic carbocycles. The summed E-state index contributed by atoms with van der Waals surface area (Å²) in [7, 11) is 0. The van der Waals surface area contributed by atoms with Gasteiger partial charge in [-0.15, -0.1) is 0 Å². The molecule has 0 saturated carbocycles. The minimum Gasteiger partial charge on any atom is -0.268 e. The lowest BCUT2D eigenvalue weighted by atomic mass is 10.2. The molecule has 0 saturated heterocycles. The van der Waals surface area contributed by atoms with Crippen molar-refractivity contribution in [2.75, 3.05) is 0 Å². The zero-order valence-corrected chi connectivity index (χ0v) is 8.65. The second-order valence-corrected chi connectivity index (χ2v) is 3.61. The van der Waals surface area contributed by atoms with Gasteiger partial charge >= 0.3 is 0 Å². The summed E-state index contributed by atoms with van der Waals surface area (Å²) < 4.78 is 0.878. The molecule has 1 N–H and O–H groups in total. The Kier molecular flexibility index (Phi) is 2.41. The summed E-state index contributed by atoms with van der Waals surface area (Å²) in [5, 5.41) is 6.26. The SMILES string of the molecule is O=c1ccc(-c2cncc(Br)c2)n[nH]1. The third kappa shape index (κ3) is 1.88. The van der Waals surface area contributed by atoms with Crippen LogP contribution in [0.5, 0.6) is 0 Å². The first-order valence-electron chi connectivity index (χ1n) is 3.92. The van der Waals surface area contributed by atoms with Crippen molar-refractivity contribution in [3.8, 4) is 11.3 Å². The molecule has 0 bridgehead atoms. The molecule has 2 heterocycles. The Morgan fingerprint density at radius 1 is 1.29 bits per heavy atom. The van der Waals surface area contributed by atoms with Gasteiger partial charge in [0.2, 0.25) is 0 Å². The molecule has 2 rings (SSSR count). The van der Waals surface area contributed by atoms with Gasteiger partial charge in [0.15, 0.2) is 0 Å². The second kappa shape index (κ2) is 3.71. The number of nitrogens with one attached hydrogen (secondary N) is 1. The summed E-state index contributed by atoms with van der Waals surface area (Å²) in [4.78, 5) is 14.8. The van der Waals surface area contributed by atoms with Crippen LogP contribution in [0.1, 0.15) is 0 Å². The zero-order valence-electron chi connectivity index (χ0n) is 7.07. The number of rotatable bonds is 1. The number of aromatic nitrogens is 3. The van der Waals surface area contributed by atoms with Crippen LogP contribution in [-0.2, 0) is 0 Å². The van der Waals surface area contributed by atoms with Crippen molar-refractivity contribution < 1.29 is 0 Å². The summed E-state index contributed by atoms with van der Waals surface area (Å²) >= 11 is 3.31. The maximum absolute atomic E-state index is 10.8. The van der Waals surface area contributed by atoms with E-state index in [-0.39, 0.29) is 5.56 Å². The summed E-state index contributed by atoms with van der Waals surface area (Å²) in [6, 6.07) is 4.97. The lowest BCUT2D eigenvalue weighted by Crippen LogP contribution is -2.05. The molecule has 0 spiro atoms. The van der Waals surface area contributed by atoms with Gasteiger partial charge in [0.1, 0.15) is 0 Å². The number of nitrogens with zero attached hydrogens (tertiary/aromatic N) is 2. The molecule has 0 atom stereocenters. The molecule has 0 unspecified atom stereocenters. The average Bonchev–Trinajstić information content (AvgIpc) is 2.19. The van der Waals surface area contributed by atoms with Crippen molar-refractivity contribution in [2.45, 2.75) is 0 Å². The Bertz CT molecular complexity index is 489. The third-order valence-corrected chi connectivity index (χ3v) is 2.11. The molecule has 2 aromatic rings. The van der Waals surface area contributed by atoms with Crippen LogP contribution in [0.3, 0.4) is 0 Å². The van der Waals surface area contributed by atoms with Crippen LogP contribution in [0.2, 0.25) is 0 Å². The fourth-order valence-electron chi connectivity index (χ4n) is 1.06. The van der Waals surface area contributed by atoms with Crippen molar-refractivity contribution in [1.29, 1.82) is 0 Å². The third-order valence-electron chi connectivity index (χ3n) is 1.68. The van der Waals surface area contributed by atoms with Gasteiger partial charge in [-0.05, 0) is 28.1 Å². The van der Waals surface area contributed by atoms with Crippen molar-refractivity contribution in [3.05, 3.63) is 45.4 Å². The van der Waals surface area contributed by atoms with Crippen LogP contribution >= 0.6 is 15.9 Å². The van der Waals surface area contributed by atoms with Crippen LogP contribution < -0.4 is 5.56 Å². The fourth-order valence-corrected chi connectivity index (χ4v) is 1.42. The molecule has 0 aliphatic heterocycles. The molecule has 2 aromatic heterocycles. The van der Waals surface area contributed by atoms with Crippen LogP contribution in [-0.4, -0.2) is 15.2 Å². The lowest BCUT2D eigenvalue weighted by Gasteiger charge is -1.98. The highest BCUT2D eigenvalue weighted by Crippen LogP contribution is 2.17. The highest BCUT2D eigenvalue weighted by molar-refractivity contribution is 9.10. The molecule has 0 radical (unpaired) electrons. The standard InChI is InChI=1S/C9H6BrN3O/c10-7-3-6(4-11-5-7)8-1-2-9(14)13-12-8/h1-5H,(H,13,14). The van der Waals surface area contributed by atoms with Crippen LogP contribution in [0, 0.1) is 0 Å². The van der Waals surface area contributed by atoms with E-state index in [0.717, 1.165) is 10.0 Å². The number of hydrogen-bond acceptors (Lipinski definition) is 3. The highest BCUT2D eigenvalue weighted by atomic mass is 79.9. The molecule has 5 heteroatoms. The number of aromatic amines is 1. The van der Waals surface area contributed by atoms with Crippen molar-refractivity contribution in [1.82, 2.24) is 15.2 Å². The number of H-pyrrole nitrogens is 1. The molecule has 0 amide bonds. The summed E-state index contributed by atoms with van der Waals surface area (Å²) in [5.41, 5.74) is 1.34. The molecule has 0 aromatic carbocycles. The van der Waals surface area contributed by atoms with Crippen molar-refractivity contribution >= 4 is 15.9 Å². The Balaban J connectivity index is 2.49. The molecular weight excluding hydrogens is 246 g/mol. The first-order chi connectivity index (χ1) is 6.75. The van der Waals surface area contributed by atoms with E-state index < -0.39 is 0 Å². The quantitative estimate of drug-likeness (QED) is 0.838. The topological polar surface area (TPSA) is 58.6 Å². The molecular formula is C9H6BrN3O. The van der Waals surface area contributed by atoms with E-state index in [2.05, 4.69) is 31.1 Å². The van der Waals surface area contributed by atoms with E-state index in [0.29, 0.717) is 5.69 Å². The first-order valence-corrected chi connectivity index (χ1v) is 4.72. The van der Waals surface area contributed by atoms with Gasteiger partial charge in [0, 0.05) is 28.5 Å². The van der Waals surface area contributed by atoms with Gasteiger partial charge in [0.05, 0.1) is 5.69 Å². The van der Waals surface area contributed by atoms with E-state index in [1.54, 1.807) is 18.5 Å². The Morgan fingerprint density at radius 3 is 2.79 bits per heavy atom. The molecule has 14 heavy (non-hydrogen) atoms. The average molecular weight is 252 g/mol. The maximum Gasteiger partial charge on any atom is 0.264 e. The highest BCUT2D eigenvalue weighted by Gasteiger charge is 1.99. The minimum atomic E-state index is -0.211. The van der Waals surface area contributed by atoms with E-state index in [4.69, 9.17) is 0 Å².